The number of fused-ring (bicyclic) bond motifs is 2. The van der Waals surface area contributed by atoms with Gasteiger partial charge in [-0.2, -0.15) is 4.57 Å². The van der Waals surface area contributed by atoms with Crippen LogP contribution in [0.25, 0.3) is 10.9 Å². The lowest BCUT2D eigenvalue weighted by Crippen LogP contribution is -2.45. The van der Waals surface area contributed by atoms with Crippen LogP contribution >= 0.6 is 0 Å². The van der Waals surface area contributed by atoms with Crippen LogP contribution in [0.3, 0.4) is 0 Å². The summed E-state index contributed by atoms with van der Waals surface area (Å²) in [4.78, 5) is 13.2. The Morgan fingerprint density at radius 3 is 2.72 bits per heavy atom. The largest absolute Gasteiger partial charge is 0.340 e. The van der Waals surface area contributed by atoms with Crippen molar-refractivity contribution in [2.45, 2.75) is 38.8 Å². The molecule has 2 aromatic heterocycles. The molecule has 0 aliphatic heterocycles. The maximum atomic E-state index is 13.2. The van der Waals surface area contributed by atoms with Crippen LogP contribution in [-0.2, 0) is 6.42 Å². The zero-order chi connectivity index (χ0) is 20.0. The third-order valence-electron chi connectivity index (χ3n) is 6.26. The molecule has 0 N–H and O–H groups in total. The minimum Gasteiger partial charge on any atom is -0.340 e. The molecule has 3 heteroatoms. The molecule has 0 fully saturated rings. The van der Waals surface area contributed by atoms with Crippen molar-refractivity contribution < 1.29 is 9.36 Å². The zero-order valence-electron chi connectivity index (χ0n) is 16.9. The van der Waals surface area contributed by atoms with Gasteiger partial charge in [0.15, 0.2) is 12.4 Å². The third-order valence-corrected chi connectivity index (χ3v) is 6.26. The summed E-state index contributed by atoms with van der Waals surface area (Å²) in [5.41, 5.74) is 5.70. The van der Waals surface area contributed by atoms with Crippen LogP contribution in [0.5, 0.6) is 0 Å². The van der Waals surface area contributed by atoms with Gasteiger partial charge in [0, 0.05) is 24.2 Å². The summed E-state index contributed by atoms with van der Waals surface area (Å²) in [5, 5.41) is 1.16. The van der Waals surface area contributed by atoms with Crippen LogP contribution in [0.15, 0.2) is 79.3 Å². The molecule has 2 aromatic carbocycles. The van der Waals surface area contributed by atoms with E-state index in [9.17, 15) is 4.79 Å². The number of ketones is 1. The lowest BCUT2D eigenvalue weighted by atomic mass is 9.86. The van der Waals surface area contributed by atoms with E-state index >= 15 is 0 Å². The zero-order valence-corrected chi connectivity index (χ0v) is 16.9. The minimum atomic E-state index is -0.122. The van der Waals surface area contributed by atoms with Gasteiger partial charge < -0.3 is 4.57 Å². The van der Waals surface area contributed by atoms with E-state index in [2.05, 4.69) is 83.2 Å². The Morgan fingerprint density at radius 2 is 1.90 bits per heavy atom. The molecule has 144 valence electrons. The summed E-state index contributed by atoms with van der Waals surface area (Å²) in [6.07, 6.45) is 8.15. The first-order valence-corrected chi connectivity index (χ1v) is 10.3. The molecule has 0 saturated heterocycles. The van der Waals surface area contributed by atoms with Crippen LogP contribution < -0.4 is 4.57 Å². The van der Waals surface area contributed by atoms with Crippen LogP contribution in [-0.4, -0.2) is 10.4 Å². The highest BCUT2D eigenvalue weighted by Crippen LogP contribution is 2.28. The van der Waals surface area contributed by atoms with Gasteiger partial charge in [0.1, 0.15) is 0 Å². The van der Waals surface area contributed by atoms with Crippen molar-refractivity contribution in [3.05, 3.63) is 102 Å². The Kier molecular flexibility index (Phi) is 4.31. The van der Waals surface area contributed by atoms with Crippen molar-refractivity contribution >= 4 is 16.7 Å². The van der Waals surface area contributed by atoms with Crippen molar-refractivity contribution in [3.63, 3.8) is 0 Å². The Bertz CT molecular complexity index is 1210. The maximum absolute atomic E-state index is 13.2. The number of carbonyl (C=O) groups excluding carboxylic acids is 1. The summed E-state index contributed by atoms with van der Waals surface area (Å²) < 4.78 is 4.41. The molecule has 3 nitrogen and oxygen atoms in total. The first-order chi connectivity index (χ1) is 14.1. The third kappa shape index (κ3) is 3.07. The van der Waals surface area contributed by atoms with Gasteiger partial charge in [0.05, 0.1) is 16.9 Å². The van der Waals surface area contributed by atoms with E-state index in [1.807, 2.05) is 19.1 Å². The molecule has 4 aromatic rings. The number of benzene rings is 2. The molecular formula is C26H25N2O+. The Labute approximate surface area is 171 Å². The Morgan fingerprint density at radius 1 is 1.07 bits per heavy atom. The normalized spacial score (nSPS) is 17.3. The van der Waals surface area contributed by atoms with E-state index in [-0.39, 0.29) is 17.9 Å². The van der Waals surface area contributed by atoms with E-state index in [4.69, 9.17) is 0 Å². The number of aromatic nitrogens is 2. The SMILES string of the molecule is Cc1ccc2c(c1)C(=O)C([n+]1ccc3c(ccn3C(C)c3ccccc3)c1)CC2. The average Bonchev–Trinajstić information content (AvgIpc) is 3.18. The summed E-state index contributed by atoms with van der Waals surface area (Å²) >= 11 is 0. The number of Topliss-reactive ketones (excluding diaryl/α,β-unsaturated/α-hetero) is 1. The summed E-state index contributed by atoms with van der Waals surface area (Å²) in [7, 11) is 0. The standard InChI is InChI=1S/C26H25N2O/c1-18-8-9-21-10-11-25(26(29)23(21)16-18)27-14-13-24-22(17-27)12-15-28(24)19(2)20-6-4-3-5-7-20/h3-9,12-17,19,25H,10-11H2,1-2H3/q+1. The van der Waals surface area contributed by atoms with Crippen LogP contribution in [0.1, 0.15) is 52.5 Å². The molecule has 5 rings (SSSR count). The van der Waals surface area contributed by atoms with Gasteiger partial charge in [-0.3, -0.25) is 4.79 Å². The predicted octanol–water partition coefficient (Wildman–Crippen LogP) is 5.22. The molecular weight excluding hydrogens is 356 g/mol. The highest BCUT2D eigenvalue weighted by Gasteiger charge is 2.34. The molecule has 0 bridgehead atoms. The number of aryl methyl sites for hydroxylation is 2. The quantitative estimate of drug-likeness (QED) is 0.447. The summed E-state index contributed by atoms with van der Waals surface area (Å²) in [6, 6.07) is 21.2. The fraction of sp³-hybridized carbons (Fsp3) is 0.231. The second-order valence-electron chi connectivity index (χ2n) is 8.12. The van der Waals surface area contributed by atoms with E-state index in [1.165, 1.54) is 16.6 Å². The van der Waals surface area contributed by atoms with Crippen LogP contribution in [0, 0.1) is 6.92 Å². The first-order valence-electron chi connectivity index (χ1n) is 10.3. The second kappa shape index (κ2) is 7.00. The number of hydrogen-bond acceptors (Lipinski definition) is 1. The fourth-order valence-corrected chi connectivity index (χ4v) is 4.58. The molecule has 0 saturated carbocycles. The molecule has 0 radical (unpaired) electrons. The minimum absolute atomic E-state index is 0.122. The first kappa shape index (κ1) is 17.9. The smallest absolute Gasteiger partial charge is 0.230 e. The predicted molar refractivity (Wildman–Crippen MR) is 115 cm³/mol. The van der Waals surface area contributed by atoms with E-state index in [0.29, 0.717) is 0 Å². The highest BCUT2D eigenvalue weighted by molar-refractivity contribution is 6.00. The molecule has 1 aliphatic carbocycles. The van der Waals surface area contributed by atoms with Crippen molar-refractivity contribution in [2.75, 3.05) is 0 Å². The molecule has 2 unspecified atom stereocenters. The number of nitrogens with zero attached hydrogens (tertiary/aromatic N) is 2. The average molecular weight is 381 g/mol. The van der Waals surface area contributed by atoms with Crippen LogP contribution in [0.4, 0.5) is 0 Å². The molecule has 0 amide bonds. The van der Waals surface area contributed by atoms with Crippen molar-refractivity contribution in [2.24, 2.45) is 0 Å². The number of rotatable bonds is 3. The molecule has 1 aliphatic rings. The lowest BCUT2D eigenvalue weighted by Gasteiger charge is -2.20. The lowest BCUT2D eigenvalue weighted by molar-refractivity contribution is -0.707. The maximum Gasteiger partial charge on any atom is 0.230 e. The monoisotopic (exact) mass is 381 g/mol. The Hall–Kier alpha value is -3.20. The van der Waals surface area contributed by atoms with Gasteiger partial charge in [-0.25, -0.2) is 0 Å². The highest BCUT2D eigenvalue weighted by atomic mass is 16.1. The summed E-state index contributed by atoms with van der Waals surface area (Å²) in [5.74, 6) is 0.233. The van der Waals surface area contributed by atoms with Crippen molar-refractivity contribution in [1.82, 2.24) is 4.57 Å². The van der Waals surface area contributed by atoms with E-state index in [1.54, 1.807) is 0 Å². The van der Waals surface area contributed by atoms with Crippen LogP contribution in [0.2, 0.25) is 0 Å². The number of hydrogen-bond donors (Lipinski definition) is 0. The summed E-state index contributed by atoms with van der Waals surface area (Å²) in [6.45, 7) is 4.27. The van der Waals surface area contributed by atoms with Gasteiger partial charge in [-0.05, 0) is 43.5 Å². The topological polar surface area (TPSA) is 25.9 Å². The van der Waals surface area contributed by atoms with Crippen molar-refractivity contribution in [3.8, 4) is 0 Å². The molecule has 2 atom stereocenters. The second-order valence-corrected chi connectivity index (χ2v) is 8.12. The molecule has 29 heavy (non-hydrogen) atoms. The number of pyridine rings is 1. The molecule has 0 spiro atoms. The van der Waals surface area contributed by atoms with Gasteiger partial charge >= 0.3 is 0 Å². The van der Waals surface area contributed by atoms with Gasteiger partial charge in [0.25, 0.3) is 0 Å². The van der Waals surface area contributed by atoms with E-state index < -0.39 is 0 Å². The van der Waals surface area contributed by atoms with E-state index in [0.717, 1.165) is 29.4 Å². The molecule has 2 heterocycles. The van der Waals surface area contributed by atoms with Crippen molar-refractivity contribution in [1.29, 1.82) is 0 Å². The fourth-order valence-electron chi connectivity index (χ4n) is 4.58. The number of carbonyl (C=O) groups is 1. The van der Waals surface area contributed by atoms with Gasteiger partial charge in [-0.15, -0.1) is 0 Å². The Balaban J connectivity index is 1.49. The van der Waals surface area contributed by atoms with Gasteiger partial charge in [0.2, 0.25) is 11.8 Å². The van der Waals surface area contributed by atoms with Gasteiger partial charge in [-0.1, -0.05) is 48.0 Å².